The Kier molecular flexibility index (Phi) is 5.12. The van der Waals surface area contributed by atoms with Crippen LogP contribution in [0.15, 0.2) is 34.8 Å². The molecule has 0 amide bonds. The van der Waals surface area contributed by atoms with Crippen molar-refractivity contribution in [1.82, 2.24) is 5.32 Å². The fraction of sp³-hybridized carbons (Fsp3) is 0.294. The highest BCUT2D eigenvalue weighted by molar-refractivity contribution is 9.10. The maximum Gasteiger partial charge on any atom is 0.163 e. The van der Waals surface area contributed by atoms with E-state index in [1.54, 1.807) is 6.07 Å². The van der Waals surface area contributed by atoms with Crippen molar-refractivity contribution >= 4 is 15.9 Å². The number of halogens is 3. The van der Waals surface area contributed by atoms with Crippen LogP contribution >= 0.6 is 15.9 Å². The minimum Gasteiger partial charge on any atom is -0.306 e. The summed E-state index contributed by atoms with van der Waals surface area (Å²) in [5.41, 5.74) is 3.41. The maximum atomic E-state index is 14.1. The molecule has 2 aromatic carbocycles. The van der Waals surface area contributed by atoms with Gasteiger partial charge in [0.15, 0.2) is 11.6 Å². The normalized spacial score (nSPS) is 12.5. The van der Waals surface area contributed by atoms with E-state index >= 15 is 0 Å². The van der Waals surface area contributed by atoms with Crippen LogP contribution in [0, 0.1) is 25.5 Å². The second-order valence-corrected chi connectivity index (χ2v) is 5.90. The number of benzene rings is 2. The Morgan fingerprint density at radius 3 is 2.33 bits per heavy atom. The van der Waals surface area contributed by atoms with Crippen LogP contribution in [-0.4, -0.2) is 6.54 Å². The van der Waals surface area contributed by atoms with Gasteiger partial charge in [-0.05, 0) is 43.1 Å². The first-order chi connectivity index (χ1) is 9.95. The highest BCUT2D eigenvalue weighted by atomic mass is 79.9. The number of nitrogens with one attached hydrogen (secondary N) is 1. The molecule has 0 aromatic heterocycles. The summed E-state index contributed by atoms with van der Waals surface area (Å²) < 4.78 is 28.7. The van der Waals surface area contributed by atoms with Gasteiger partial charge in [-0.3, -0.25) is 0 Å². The molecule has 4 heteroatoms. The Hall–Kier alpha value is -1.26. The molecule has 1 unspecified atom stereocenters. The minimum atomic E-state index is -0.819. The summed E-state index contributed by atoms with van der Waals surface area (Å²) in [7, 11) is 0. The molecule has 0 aliphatic rings. The molecule has 1 atom stereocenters. The average Bonchev–Trinajstić information content (AvgIpc) is 2.45. The van der Waals surface area contributed by atoms with Gasteiger partial charge < -0.3 is 5.32 Å². The first-order valence-corrected chi connectivity index (χ1v) is 7.69. The van der Waals surface area contributed by atoms with E-state index in [1.165, 1.54) is 6.07 Å². The van der Waals surface area contributed by atoms with E-state index in [-0.39, 0.29) is 6.04 Å². The van der Waals surface area contributed by atoms with Crippen LogP contribution in [-0.2, 0) is 0 Å². The van der Waals surface area contributed by atoms with Crippen molar-refractivity contribution in [3.63, 3.8) is 0 Å². The van der Waals surface area contributed by atoms with E-state index in [9.17, 15) is 8.78 Å². The smallest absolute Gasteiger partial charge is 0.163 e. The van der Waals surface area contributed by atoms with Crippen LogP contribution in [0.5, 0.6) is 0 Å². The van der Waals surface area contributed by atoms with E-state index in [4.69, 9.17) is 0 Å². The molecule has 0 aliphatic carbocycles. The molecule has 0 aliphatic heterocycles. The summed E-state index contributed by atoms with van der Waals surface area (Å²) in [6.45, 7) is 6.59. The predicted octanol–water partition coefficient (Wildman–Crippen LogP) is 5.04. The van der Waals surface area contributed by atoms with Gasteiger partial charge in [-0.2, -0.15) is 0 Å². The lowest BCUT2D eigenvalue weighted by atomic mass is 9.95. The third kappa shape index (κ3) is 3.33. The standard InChI is InChI=1S/C17H18BrF2N/c1-4-21-17(13-6-5-7-14(19)16(13)20)12-8-10(2)15(18)11(3)9-12/h5-9,17,21H,4H2,1-3H3. The van der Waals surface area contributed by atoms with Crippen LogP contribution < -0.4 is 5.32 Å². The Labute approximate surface area is 132 Å². The highest BCUT2D eigenvalue weighted by Crippen LogP contribution is 2.30. The van der Waals surface area contributed by atoms with E-state index in [0.29, 0.717) is 12.1 Å². The van der Waals surface area contributed by atoms with E-state index in [2.05, 4.69) is 21.2 Å². The number of aryl methyl sites for hydroxylation is 2. The third-order valence-corrected chi connectivity index (χ3v) is 4.74. The molecule has 0 saturated heterocycles. The molecule has 0 fully saturated rings. The molecule has 0 saturated carbocycles. The minimum absolute atomic E-state index is 0.331. The van der Waals surface area contributed by atoms with Crippen LogP contribution in [0.3, 0.4) is 0 Å². The van der Waals surface area contributed by atoms with Crippen LogP contribution in [0.1, 0.15) is 35.2 Å². The van der Waals surface area contributed by atoms with Crippen molar-refractivity contribution in [3.05, 3.63) is 68.7 Å². The number of rotatable bonds is 4. The van der Waals surface area contributed by atoms with E-state index in [1.807, 2.05) is 32.9 Å². The van der Waals surface area contributed by atoms with E-state index < -0.39 is 11.6 Å². The molecular weight excluding hydrogens is 336 g/mol. The van der Waals surface area contributed by atoms with Gasteiger partial charge in [0.05, 0.1) is 6.04 Å². The molecule has 0 radical (unpaired) electrons. The molecule has 112 valence electrons. The van der Waals surface area contributed by atoms with Crippen molar-refractivity contribution in [2.75, 3.05) is 6.54 Å². The van der Waals surface area contributed by atoms with E-state index in [0.717, 1.165) is 27.2 Å². The summed E-state index contributed by atoms with van der Waals surface area (Å²) in [6.07, 6.45) is 0. The summed E-state index contributed by atoms with van der Waals surface area (Å²) in [5, 5.41) is 3.24. The molecule has 0 bridgehead atoms. The molecule has 1 nitrogen and oxygen atoms in total. The molecule has 2 rings (SSSR count). The second kappa shape index (κ2) is 6.67. The zero-order valence-corrected chi connectivity index (χ0v) is 13.9. The van der Waals surface area contributed by atoms with Gasteiger partial charge in [0.1, 0.15) is 0 Å². The highest BCUT2D eigenvalue weighted by Gasteiger charge is 2.20. The summed E-state index contributed by atoms with van der Waals surface area (Å²) >= 11 is 3.53. The van der Waals surface area contributed by atoms with Gasteiger partial charge in [-0.1, -0.05) is 47.1 Å². The third-order valence-electron chi connectivity index (χ3n) is 3.49. The van der Waals surface area contributed by atoms with Gasteiger partial charge in [0.25, 0.3) is 0 Å². The lowest BCUT2D eigenvalue weighted by Gasteiger charge is -2.21. The molecule has 1 N–H and O–H groups in total. The first-order valence-electron chi connectivity index (χ1n) is 6.89. The number of hydrogen-bond acceptors (Lipinski definition) is 1. The molecule has 0 heterocycles. The second-order valence-electron chi connectivity index (χ2n) is 5.10. The van der Waals surface area contributed by atoms with Gasteiger partial charge >= 0.3 is 0 Å². The SMILES string of the molecule is CCNC(c1cc(C)c(Br)c(C)c1)c1cccc(F)c1F. The van der Waals surface area contributed by atoms with Crippen LogP contribution in [0.4, 0.5) is 8.78 Å². The van der Waals surface area contributed by atoms with Crippen molar-refractivity contribution in [1.29, 1.82) is 0 Å². The molecule has 2 aromatic rings. The van der Waals surface area contributed by atoms with Crippen LogP contribution in [0.25, 0.3) is 0 Å². The van der Waals surface area contributed by atoms with Gasteiger partial charge in [-0.25, -0.2) is 8.78 Å². The van der Waals surface area contributed by atoms with Gasteiger partial charge in [0, 0.05) is 10.0 Å². The Morgan fingerprint density at radius 2 is 1.76 bits per heavy atom. The topological polar surface area (TPSA) is 12.0 Å². The molecule has 21 heavy (non-hydrogen) atoms. The van der Waals surface area contributed by atoms with Crippen molar-refractivity contribution < 1.29 is 8.78 Å². The predicted molar refractivity (Wildman–Crippen MR) is 85.5 cm³/mol. The zero-order chi connectivity index (χ0) is 15.6. The summed E-state index contributed by atoms with van der Waals surface area (Å²) in [5.74, 6) is -1.61. The van der Waals surface area contributed by atoms with Gasteiger partial charge in [0.2, 0.25) is 0 Å². The van der Waals surface area contributed by atoms with Crippen molar-refractivity contribution in [2.24, 2.45) is 0 Å². The summed E-state index contributed by atoms with van der Waals surface area (Å²) in [4.78, 5) is 0. The number of hydrogen-bond donors (Lipinski definition) is 1. The Bertz CT molecular complexity index is 632. The van der Waals surface area contributed by atoms with Gasteiger partial charge in [-0.15, -0.1) is 0 Å². The maximum absolute atomic E-state index is 14.1. The quantitative estimate of drug-likeness (QED) is 0.811. The zero-order valence-electron chi connectivity index (χ0n) is 12.3. The van der Waals surface area contributed by atoms with Crippen molar-refractivity contribution in [2.45, 2.75) is 26.8 Å². The fourth-order valence-corrected chi connectivity index (χ4v) is 2.73. The first kappa shape index (κ1) is 16.1. The lowest BCUT2D eigenvalue weighted by Crippen LogP contribution is -2.23. The fourth-order valence-electron chi connectivity index (χ4n) is 2.50. The largest absolute Gasteiger partial charge is 0.306 e. The Morgan fingerprint density at radius 1 is 1.14 bits per heavy atom. The van der Waals surface area contributed by atoms with Crippen LogP contribution in [0.2, 0.25) is 0 Å². The Balaban J connectivity index is 2.56. The lowest BCUT2D eigenvalue weighted by molar-refractivity contribution is 0.483. The summed E-state index contributed by atoms with van der Waals surface area (Å²) in [6, 6.07) is 7.93. The molecular formula is C17H18BrF2N. The van der Waals surface area contributed by atoms with Crippen molar-refractivity contribution in [3.8, 4) is 0 Å². The average molecular weight is 354 g/mol. The monoisotopic (exact) mass is 353 g/mol. The molecule has 0 spiro atoms.